The summed E-state index contributed by atoms with van der Waals surface area (Å²) >= 11 is 0. The summed E-state index contributed by atoms with van der Waals surface area (Å²) in [7, 11) is 1.61. The molecule has 0 N–H and O–H groups in total. The second kappa shape index (κ2) is 8.05. The van der Waals surface area contributed by atoms with E-state index >= 15 is 0 Å². The first-order valence-electron chi connectivity index (χ1n) is 7.85. The number of benzene rings is 2. The average Bonchev–Trinajstić information content (AvgIpc) is 2.54. The van der Waals surface area contributed by atoms with Crippen LogP contribution in [-0.4, -0.2) is 31.0 Å². The largest absolute Gasteiger partial charge is 0.492 e. The minimum atomic E-state index is -4.41. The average molecular weight is 351 g/mol. The zero-order valence-electron chi connectivity index (χ0n) is 14.1. The number of halogens is 3. The Balaban J connectivity index is 1.86. The Bertz CT molecular complexity index is 729. The van der Waals surface area contributed by atoms with Crippen LogP contribution in [0.2, 0.25) is 0 Å². The van der Waals surface area contributed by atoms with Crippen molar-refractivity contribution in [3.63, 3.8) is 0 Å². The fourth-order valence-corrected chi connectivity index (χ4v) is 2.30. The van der Waals surface area contributed by atoms with Crippen LogP contribution in [0, 0.1) is 6.92 Å². The van der Waals surface area contributed by atoms with Crippen LogP contribution in [0.3, 0.4) is 0 Å². The first kappa shape index (κ1) is 18.8. The molecule has 0 atom stereocenters. The minimum Gasteiger partial charge on any atom is -0.492 e. The predicted molar refractivity (Wildman–Crippen MR) is 89.5 cm³/mol. The molecule has 0 fully saturated rings. The highest BCUT2D eigenvalue weighted by atomic mass is 19.4. The Labute approximate surface area is 145 Å². The first-order chi connectivity index (χ1) is 11.8. The monoisotopic (exact) mass is 351 g/mol. The Morgan fingerprint density at radius 3 is 2.52 bits per heavy atom. The zero-order valence-corrected chi connectivity index (χ0v) is 14.1. The molecule has 0 saturated carbocycles. The minimum absolute atomic E-state index is 0.0785. The summed E-state index contributed by atoms with van der Waals surface area (Å²) in [6.45, 7) is 2.62. The van der Waals surface area contributed by atoms with Gasteiger partial charge in [-0.15, -0.1) is 0 Å². The molecule has 0 aromatic heterocycles. The quantitative estimate of drug-likeness (QED) is 0.784. The third-order valence-electron chi connectivity index (χ3n) is 3.72. The maximum atomic E-state index is 12.7. The van der Waals surface area contributed by atoms with Gasteiger partial charge in [0.25, 0.3) is 0 Å². The van der Waals surface area contributed by atoms with Crippen LogP contribution in [0.5, 0.6) is 5.75 Å². The van der Waals surface area contributed by atoms with E-state index in [1.54, 1.807) is 7.05 Å². The van der Waals surface area contributed by atoms with Crippen LogP contribution in [-0.2, 0) is 17.4 Å². The van der Waals surface area contributed by atoms with Crippen molar-refractivity contribution in [3.05, 3.63) is 65.2 Å². The van der Waals surface area contributed by atoms with E-state index in [0.29, 0.717) is 18.7 Å². The zero-order chi connectivity index (χ0) is 18.4. The fourth-order valence-electron chi connectivity index (χ4n) is 2.30. The first-order valence-corrected chi connectivity index (χ1v) is 7.85. The molecular formula is C19H20F3NO2. The number of ether oxygens (including phenoxy) is 1. The lowest BCUT2D eigenvalue weighted by atomic mass is 10.1. The van der Waals surface area contributed by atoms with Gasteiger partial charge in [0.05, 0.1) is 18.5 Å². The van der Waals surface area contributed by atoms with Gasteiger partial charge in [-0.3, -0.25) is 4.79 Å². The molecule has 25 heavy (non-hydrogen) atoms. The molecule has 0 unspecified atom stereocenters. The molecule has 0 aliphatic rings. The highest BCUT2D eigenvalue weighted by Crippen LogP contribution is 2.29. The van der Waals surface area contributed by atoms with Crippen LogP contribution >= 0.6 is 0 Å². The van der Waals surface area contributed by atoms with Crippen LogP contribution in [0.4, 0.5) is 13.2 Å². The number of aryl methyl sites for hydroxylation is 1. The number of carbonyl (C=O) groups is 1. The molecule has 0 aliphatic heterocycles. The number of carbonyl (C=O) groups excluding carboxylic acids is 1. The molecule has 0 heterocycles. The van der Waals surface area contributed by atoms with E-state index in [0.717, 1.165) is 23.4 Å². The molecule has 2 rings (SSSR count). The maximum Gasteiger partial charge on any atom is 0.416 e. The second-order valence-corrected chi connectivity index (χ2v) is 5.86. The standard InChI is InChI=1S/C19H20F3NO2/c1-14-5-3-8-17(11-14)25-10-9-23(2)18(24)13-15-6-4-7-16(12-15)19(20,21)22/h3-8,11-12H,9-10,13H2,1-2H3. The summed E-state index contributed by atoms with van der Waals surface area (Å²) in [6, 6.07) is 12.4. The van der Waals surface area contributed by atoms with Crippen molar-refractivity contribution in [2.75, 3.05) is 20.2 Å². The summed E-state index contributed by atoms with van der Waals surface area (Å²) < 4.78 is 43.7. The number of hydrogen-bond acceptors (Lipinski definition) is 2. The van der Waals surface area contributed by atoms with Crippen LogP contribution in [0.15, 0.2) is 48.5 Å². The lowest BCUT2D eigenvalue weighted by Gasteiger charge is -2.18. The van der Waals surface area contributed by atoms with Gasteiger partial charge in [-0.2, -0.15) is 13.2 Å². The van der Waals surface area contributed by atoms with Crippen molar-refractivity contribution in [3.8, 4) is 5.75 Å². The van der Waals surface area contributed by atoms with Gasteiger partial charge in [-0.1, -0.05) is 30.3 Å². The summed E-state index contributed by atoms with van der Waals surface area (Å²) in [6.07, 6.45) is -4.49. The van der Waals surface area contributed by atoms with Crippen molar-refractivity contribution < 1.29 is 22.7 Å². The fraction of sp³-hybridized carbons (Fsp3) is 0.316. The number of nitrogens with zero attached hydrogens (tertiary/aromatic N) is 1. The van der Waals surface area contributed by atoms with Gasteiger partial charge >= 0.3 is 6.18 Å². The molecule has 134 valence electrons. The highest BCUT2D eigenvalue weighted by Gasteiger charge is 2.30. The number of hydrogen-bond donors (Lipinski definition) is 0. The molecule has 0 bridgehead atoms. The van der Waals surface area contributed by atoms with Crippen molar-refractivity contribution in [2.24, 2.45) is 0 Å². The molecule has 0 radical (unpaired) electrons. The van der Waals surface area contributed by atoms with Crippen molar-refractivity contribution in [2.45, 2.75) is 19.5 Å². The third kappa shape index (κ3) is 5.81. The Morgan fingerprint density at radius 2 is 1.84 bits per heavy atom. The molecule has 0 aliphatic carbocycles. The SMILES string of the molecule is Cc1cccc(OCCN(C)C(=O)Cc2cccc(C(F)(F)F)c2)c1. The van der Waals surface area contributed by atoms with Gasteiger partial charge in [-0.05, 0) is 36.2 Å². The molecule has 2 aromatic rings. The van der Waals surface area contributed by atoms with Gasteiger partial charge in [0.15, 0.2) is 0 Å². The van der Waals surface area contributed by atoms with E-state index in [4.69, 9.17) is 4.74 Å². The summed E-state index contributed by atoms with van der Waals surface area (Å²) in [4.78, 5) is 13.6. The molecule has 3 nitrogen and oxygen atoms in total. The molecular weight excluding hydrogens is 331 g/mol. The van der Waals surface area contributed by atoms with Crippen LogP contribution < -0.4 is 4.74 Å². The van der Waals surface area contributed by atoms with Crippen molar-refractivity contribution >= 4 is 5.91 Å². The molecule has 6 heteroatoms. The lowest BCUT2D eigenvalue weighted by molar-refractivity contribution is -0.137. The Hall–Kier alpha value is -2.50. The van der Waals surface area contributed by atoms with Gasteiger partial charge in [0, 0.05) is 7.05 Å². The second-order valence-electron chi connectivity index (χ2n) is 5.86. The maximum absolute atomic E-state index is 12.7. The Kier molecular flexibility index (Phi) is 6.07. The highest BCUT2D eigenvalue weighted by molar-refractivity contribution is 5.78. The number of rotatable bonds is 6. The smallest absolute Gasteiger partial charge is 0.416 e. The summed E-state index contributed by atoms with van der Waals surface area (Å²) in [5.41, 5.74) is 0.668. The van der Waals surface area contributed by atoms with E-state index in [9.17, 15) is 18.0 Å². The van der Waals surface area contributed by atoms with E-state index < -0.39 is 11.7 Å². The number of amides is 1. The van der Waals surface area contributed by atoms with E-state index in [1.807, 2.05) is 31.2 Å². The van der Waals surface area contributed by atoms with Gasteiger partial charge < -0.3 is 9.64 Å². The summed E-state index contributed by atoms with van der Waals surface area (Å²) in [5.74, 6) is 0.464. The predicted octanol–water partition coefficient (Wildman–Crippen LogP) is 4.09. The van der Waals surface area contributed by atoms with Crippen LogP contribution in [0.25, 0.3) is 0 Å². The lowest BCUT2D eigenvalue weighted by Crippen LogP contribution is -2.32. The van der Waals surface area contributed by atoms with Gasteiger partial charge in [0.1, 0.15) is 12.4 Å². The molecule has 0 saturated heterocycles. The van der Waals surface area contributed by atoms with Crippen molar-refractivity contribution in [1.29, 1.82) is 0 Å². The Morgan fingerprint density at radius 1 is 1.12 bits per heavy atom. The molecule has 0 spiro atoms. The van der Waals surface area contributed by atoms with E-state index in [-0.39, 0.29) is 12.3 Å². The van der Waals surface area contributed by atoms with E-state index in [1.165, 1.54) is 17.0 Å². The number of likely N-dealkylation sites (N-methyl/N-ethyl adjacent to an activating group) is 1. The van der Waals surface area contributed by atoms with Gasteiger partial charge in [-0.25, -0.2) is 0 Å². The third-order valence-corrected chi connectivity index (χ3v) is 3.72. The summed E-state index contributed by atoms with van der Waals surface area (Å²) in [5, 5.41) is 0. The van der Waals surface area contributed by atoms with Crippen LogP contribution in [0.1, 0.15) is 16.7 Å². The molecule has 2 aromatic carbocycles. The number of alkyl halides is 3. The van der Waals surface area contributed by atoms with Gasteiger partial charge in [0.2, 0.25) is 5.91 Å². The topological polar surface area (TPSA) is 29.5 Å². The van der Waals surface area contributed by atoms with Crippen molar-refractivity contribution in [1.82, 2.24) is 4.90 Å². The normalized spacial score (nSPS) is 11.2. The molecule has 1 amide bonds. The van der Waals surface area contributed by atoms with E-state index in [2.05, 4.69) is 0 Å².